The van der Waals surface area contributed by atoms with Gasteiger partial charge >= 0.3 is 0 Å². The molecule has 3 rings (SSSR count). The molecular weight excluding hydrogens is 355 g/mol. The largest absolute Gasteiger partial charge is 0.294 e. The van der Waals surface area contributed by atoms with Crippen molar-refractivity contribution in [3.8, 4) is 5.69 Å². The zero-order valence-corrected chi connectivity index (χ0v) is 14.0. The molecule has 0 radical (unpaired) electrons. The Balaban J connectivity index is 2.37. The van der Waals surface area contributed by atoms with Crippen LogP contribution in [0.15, 0.2) is 34.8 Å². The summed E-state index contributed by atoms with van der Waals surface area (Å²) in [7, 11) is 0. The normalized spacial score (nSPS) is 11.3. The van der Waals surface area contributed by atoms with Crippen molar-refractivity contribution in [1.82, 2.24) is 9.55 Å². The third-order valence-corrected chi connectivity index (χ3v) is 4.34. The van der Waals surface area contributed by atoms with Gasteiger partial charge in [-0.1, -0.05) is 6.07 Å². The number of halogens is 3. The molecule has 0 N–H and O–H groups in total. The molecule has 0 unspecified atom stereocenters. The SMILES string of the molecule is Cc1ccc(-n2c(CCl)nc3cc(F)c(C)cc32)c(Br)c1. The minimum atomic E-state index is -0.253. The van der Waals surface area contributed by atoms with Crippen LogP contribution >= 0.6 is 27.5 Å². The summed E-state index contributed by atoms with van der Waals surface area (Å²) in [6.45, 7) is 3.78. The van der Waals surface area contributed by atoms with E-state index in [1.807, 2.05) is 29.7 Å². The zero-order valence-electron chi connectivity index (χ0n) is 11.6. The summed E-state index contributed by atoms with van der Waals surface area (Å²) in [5.74, 6) is 0.702. The first-order valence-corrected chi connectivity index (χ1v) is 7.84. The van der Waals surface area contributed by atoms with Crippen LogP contribution in [0.2, 0.25) is 0 Å². The minimum absolute atomic E-state index is 0.253. The highest BCUT2D eigenvalue weighted by Gasteiger charge is 2.15. The number of hydrogen-bond donors (Lipinski definition) is 0. The molecule has 0 bridgehead atoms. The van der Waals surface area contributed by atoms with Crippen LogP contribution < -0.4 is 0 Å². The first kappa shape index (κ1) is 14.5. The summed E-state index contributed by atoms with van der Waals surface area (Å²) in [6.07, 6.45) is 0. The van der Waals surface area contributed by atoms with Crippen molar-refractivity contribution in [3.05, 3.63) is 57.6 Å². The molecule has 0 fully saturated rings. The van der Waals surface area contributed by atoms with Crippen molar-refractivity contribution < 1.29 is 4.39 Å². The van der Waals surface area contributed by atoms with Gasteiger partial charge in [0.15, 0.2) is 0 Å². The number of alkyl halides is 1. The maximum atomic E-state index is 13.7. The lowest BCUT2D eigenvalue weighted by molar-refractivity contribution is 0.620. The number of hydrogen-bond acceptors (Lipinski definition) is 1. The van der Waals surface area contributed by atoms with E-state index >= 15 is 0 Å². The van der Waals surface area contributed by atoms with Crippen LogP contribution in [0.4, 0.5) is 4.39 Å². The second-order valence-electron chi connectivity index (χ2n) is 5.04. The molecule has 0 spiro atoms. The van der Waals surface area contributed by atoms with E-state index in [0.29, 0.717) is 16.9 Å². The van der Waals surface area contributed by atoms with Gasteiger partial charge in [0.25, 0.3) is 0 Å². The fraction of sp³-hybridized carbons (Fsp3) is 0.188. The van der Waals surface area contributed by atoms with E-state index in [4.69, 9.17) is 11.6 Å². The van der Waals surface area contributed by atoms with Crippen LogP contribution in [-0.2, 0) is 5.88 Å². The summed E-state index contributed by atoms with van der Waals surface area (Å²) in [5.41, 5.74) is 4.16. The average molecular weight is 368 g/mol. The van der Waals surface area contributed by atoms with Gasteiger partial charge in [0.2, 0.25) is 0 Å². The highest BCUT2D eigenvalue weighted by molar-refractivity contribution is 9.10. The van der Waals surface area contributed by atoms with Crippen molar-refractivity contribution in [3.63, 3.8) is 0 Å². The van der Waals surface area contributed by atoms with E-state index in [2.05, 4.69) is 20.9 Å². The molecule has 1 heterocycles. The minimum Gasteiger partial charge on any atom is -0.294 e. The van der Waals surface area contributed by atoms with E-state index in [-0.39, 0.29) is 11.7 Å². The van der Waals surface area contributed by atoms with Crippen molar-refractivity contribution in [2.75, 3.05) is 0 Å². The lowest BCUT2D eigenvalue weighted by Gasteiger charge is -2.11. The van der Waals surface area contributed by atoms with Gasteiger partial charge in [0.05, 0.1) is 22.6 Å². The van der Waals surface area contributed by atoms with E-state index in [0.717, 1.165) is 21.2 Å². The average Bonchev–Trinajstić information content (AvgIpc) is 2.77. The molecule has 1 aromatic heterocycles. The second kappa shape index (κ2) is 5.43. The number of benzene rings is 2. The molecule has 0 saturated carbocycles. The van der Waals surface area contributed by atoms with Gasteiger partial charge in [-0.2, -0.15) is 0 Å². The number of aryl methyl sites for hydroxylation is 2. The standard InChI is InChI=1S/C16H13BrClFN2/c1-9-3-4-14(11(17)5-9)21-15-6-10(2)12(19)7-13(15)20-16(21)8-18/h3-7H,8H2,1-2H3. The van der Waals surface area contributed by atoms with Crippen LogP contribution in [0, 0.1) is 19.7 Å². The fourth-order valence-electron chi connectivity index (χ4n) is 2.40. The highest BCUT2D eigenvalue weighted by Crippen LogP contribution is 2.29. The maximum absolute atomic E-state index is 13.7. The maximum Gasteiger partial charge on any atom is 0.129 e. The van der Waals surface area contributed by atoms with Crippen LogP contribution in [0.25, 0.3) is 16.7 Å². The van der Waals surface area contributed by atoms with E-state index in [1.165, 1.54) is 6.07 Å². The van der Waals surface area contributed by atoms with Crippen LogP contribution in [0.3, 0.4) is 0 Å². The van der Waals surface area contributed by atoms with Crippen molar-refractivity contribution in [2.24, 2.45) is 0 Å². The van der Waals surface area contributed by atoms with Crippen LogP contribution in [0.1, 0.15) is 17.0 Å². The van der Waals surface area contributed by atoms with Gasteiger partial charge in [-0.3, -0.25) is 4.57 Å². The van der Waals surface area contributed by atoms with E-state index in [1.54, 1.807) is 13.0 Å². The van der Waals surface area contributed by atoms with E-state index < -0.39 is 0 Å². The van der Waals surface area contributed by atoms with Gasteiger partial charge in [-0.15, -0.1) is 11.6 Å². The van der Waals surface area contributed by atoms with Crippen molar-refractivity contribution in [2.45, 2.75) is 19.7 Å². The number of nitrogens with zero attached hydrogens (tertiary/aromatic N) is 2. The topological polar surface area (TPSA) is 17.8 Å². The summed E-state index contributed by atoms with van der Waals surface area (Å²) < 4.78 is 16.7. The number of rotatable bonds is 2. The van der Waals surface area contributed by atoms with Gasteiger partial charge in [0.1, 0.15) is 11.6 Å². The van der Waals surface area contributed by atoms with Crippen molar-refractivity contribution >= 4 is 38.6 Å². The molecular formula is C16H13BrClFN2. The fourth-order valence-corrected chi connectivity index (χ4v) is 3.25. The second-order valence-corrected chi connectivity index (χ2v) is 6.16. The molecule has 0 aliphatic rings. The summed E-state index contributed by atoms with van der Waals surface area (Å²) in [6, 6.07) is 9.34. The molecule has 108 valence electrons. The predicted octanol–water partition coefficient (Wildman–Crippen LogP) is 5.28. The number of imidazole rings is 1. The Morgan fingerprint density at radius 2 is 2.00 bits per heavy atom. The lowest BCUT2D eigenvalue weighted by Crippen LogP contribution is -2.00. The molecule has 3 aromatic rings. The van der Waals surface area contributed by atoms with Crippen molar-refractivity contribution in [1.29, 1.82) is 0 Å². The molecule has 0 aliphatic carbocycles. The summed E-state index contributed by atoms with van der Waals surface area (Å²) >= 11 is 9.61. The molecule has 0 saturated heterocycles. The van der Waals surface area contributed by atoms with Crippen LogP contribution in [-0.4, -0.2) is 9.55 Å². The smallest absolute Gasteiger partial charge is 0.129 e. The van der Waals surface area contributed by atoms with Gasteiger partial charge in [-0.05, 0) is 59.1 Å². The Hall–Kier alpha value is -1.39. The molecule has 2 aromatic carbocycles. The Kier molecular flexibility index (Phi) is 3.76. The first-order valence-electron chi connectivity index (χ1n) is 6.51. The monoisotopic (exact) mass is 366 g/mol. The van der Waals surface area contributed by atoms with Gasteiger partial charge in [0, 0.05) is 10.5 Å². The summed E-state index contributed by atoms with van der Waals surface area (Å²) in [5, 5.41) is 0. The van der Waals surface area contributed by atoms with Crippen LogP contribution in [0.5, 0.6) is 0 Å². The number of fused-ring (bicyclic) bond motifs is 1. The van der Waals surface area contributed by atoms with Gasteiger partial charge < -0.3 is 0 Å². The molecule has 0 atom stereocenters. The zero-order chi connectivity index (χ0) is 15.1. The quantitative estimate of drug-likeness (QED) is 0.563. The molecule has 5 heteroatoms. The van der Waals surface area contributed by atoms with E-state index in [9.17, 15) is 4.39 Å². The molecule has 0 amide bonds. The Morgan fingerprint density at radius 3 is 2.67 bits per heavy atom. The Bertz CT molecular complexity index is 842. The molecule has 21 heavy (non-hydrogen) atoms. The Morgan fingerprint density at radius 1 is 1.24 bits per heavy atom. The van der Waals surface area contributed by atoms with Gasteiger partial charge in [-0.25, -0.2) is 9.37 Å². The third kappa shape index (κ3) is 2.47. The first-order chi connectivity index (χ1) is 10.0. The number of aromatic nitrogens is 2. The Labute approximate surface area is 135 Å². The molecule has 2 nitrogen and oxygen atoms in total. The lowest BCUT2D eigenvalue weighted by atomic mass is 10.2. The molecule has 0 aliphatic heterocycles. The highest BCUT2D eigenvalue weighted by atomic mass is 79.9. The summed E-state index contributed by atoms with van der Waals surface area (Å²) in [4.78, 5) is 4.44. The third-order valence-electron chi connectivity index (χ3n) is 3.47. The predicted molar refractivity (Wildman–Crippen MR) is 87.8 cm³/mol.